The number of anilines is 3. The molecular formula is C18H14FN7O. The summed E-state index contributed by atoms with van der Waals surface area (Å²) in [6.45, 7) is 0. The minimum absolute atomic E-state index is 0.0299. The first-order valence-corrected chi connectivity index (χ1v) is 7.77. The summed E-state index contributed by atoms with van der Waals surface area (Å²) in [7, 11) is 1.78. The van der Waals surface area contributed by atoms with Crippen molar-refractivity contribution in [2.45, 2.75) is 0 Å². The molecule has 1 aromatic carbocycles. The maximum atomic E-state index is 14.0. The molecule has 0 bridgehead atoms. The van der Waals surface area contributed by atoms with Crippen LogP contribution in [0.3, 0.4) is 0 Å². The molecule has 0 unspecified atom stereocenters. The van der Waals surface area contributed by atoms with Gasteiger partial charge >= 0.3 is 0 Å². The molecule has 2 heterocycles. The minimum atomic E-state index is -0.878. The lowest BCUT2D eigenvalue weighted by Crippen LogP contribution is -2.16. The number of benzene rings is 1. The van der Waals surface area contributed by atoms with Crippen molar-refractivity contribution < 1.29 is 9.18 Å². The summed E-state index contributed by atoms with van der Waals surface area (Å²) in [4.78, 5) is 16.0. The highest BCUT2D eigenvalue weighted by molar-refractivity contribution is 6.03. The third-order valence-electron chi connectivity index (χ3n) is 3.64. The fourth-order valence-corrected chi connectivity index (χ4v) is 2.37. The van der Waals surface area contributed by atoms with E-state index in [1.165, 1.54) is 6.21 Å². The van der Waals surface area contributed by atoms with E-state index in [0.717, 1.165) is 12.3 Å². The summed E-state index contributed by atoms with van der Waals surface area (Å²) in [5.74, 6) is -1.62. The molecule has 3 aromatic rings. The normalized spacial score (nSPS) is 10.1. The van der Waals surface area contributed by atoms with Crippen molar-refractivity contribution >= 4 is 29.2 Å². The van der Waals surface area contributed by atoms with Crippen LogP contribution in [0.1, 0.15) is 21.6 Å². The molecule has 0 saturated heterocycles. The van der Waals surface area contributed by atoms with Crippen molar-refractivity contribution in [3.63, 3.8) is 0 Å². The Labute approximate surface area is 153 Å². The Bertz CT molecular complexity index is 1070. The molecule has 0 saturated carbocycles. The summed E-state index contributed by atoms with van der Waals surface area (Å²) in [5.41, 5.74) is 1.89. The Kier molecular flexibility index (Phi) is 4.90. The zero-order chi connectivity index (χ0) is 19.4. The second kappa shape index (κ2) is 7.45. The van der Waals surface area contributed by atoms with E-state index in [1.807, 2.05) is 0 Å². The third-order valence-corrected chi connectivity index (χ3v) is 3.64. The number of carbonyl (C=O) groups excluding carboxylic acids is 1. The van der Waals surface area contributed by atoms with Crippen molar-refractivity contribution in [1.29, 1.82) is 10.7 Å². The van der Waals surface area contributed by atoms with E-state index in [9.17, 15) is 9.18 Å². The van der Waals surface area contributed by atoms with Gasteiger partial charge in [0.15, 0.2) is 11.5 Å². The van der Waals surface area contributed by atoms with Gasteiger partial charge in [-0.25, -0.2) is 9.37 Å². The van der Waals surface area contributed by atoms with E-state index in [2.05, 4.69) is 20.7 Å². The van der Waals surface area contributed by atoms with Crippen LogP contribution in [0.2, 0.25) is 0 Å². The number of hydrogen-bond donors (Lipinski definition) is 3. The lowest BCUT2D eigenvalue weighted by Gasteiger charge is -2.11. The van der Waals surface area contributed by atoms with Gasteiger partial charge in [0.1, 0.15) is 6.07 Å². The average Bonchev–Trinajstić information content (AvgIpc) is 3.06. The number of rotatable bonds is 5. The van der Waals surface area contributed by atoms with Crippen molar-refractivity contribution in [3.05, 3.63) is 65.5 Å². The molecule has 1 amide bonds. The van der Waals surface area contributed by atoms with Gasteiger partial charge in [-0.3, -0.25) is 9.48 Å². The molecule has 3 N–H and O–H groups in total. The standard InChI is InChI=1S/C18H14FN7O/c1-26-10-14(9-23-26)24-16-5-13(3-2-12(16)7-21)25-18(27)17-15(19)4-11(6-20)8-22-17/h2-5,7-10,21,24H,1H3,(H,25,27). The Morgan fingerprint density at radius 2 is 2.15 bits per heavy atom. The molecule has 0 aliphatic carbocycles. The van der Waals surface area contributed by atoms with Crippen LogP contribution in [0.15, 0.2) is 42.9 Å². The SMILES string of the molecule is Cn1cc(Nc2cc(NC(=O)c3ncc(C#N)cc3F)ccc2C=N)cn1. The Balaban J connectivity index is 1.84. The maximum absolute atomic E-state index is 14.0. The molecule has 0 atom stereocenters. The molecule has 0 radical (unpaired) electrons. The fraction of sp³-hybridized carbons (Fsp3) is 0.0556. The van der Waals surface area contributed by atoms with Crippen molar-refractivity contribution in [1.82, 2.24) is 14.8 Å². The van der Waals surface area contributed by atoms with Crippen LogP contribution >= 0.6 is 0 Å². The van der Waals surface area contributed by atoms with Crippen LogP contribution in [0.25, 0.3) is 0 Å². The zero-order valence-corrected chi connectivity index (χ0v) is 14.2. The molecule has 3 rings (SSSR count). The third kappa shape index (κ3) is 3.96. The van der Waals surface area contributed by atoms with E-state index in [1.54, 1.807) is 48.4 Å². The minimum Gasteiger partial charge on any atom is -0.352 e. The first kappa shape index (κ1) is 17.8. The monoisotopic (exact) mass is 363 g/mol. The van der Waals surface area contributed by atoms with E-state index in [0.29, 0.717) is 22.6 Å². The molecule has 0 fully saturated rings. The lowest BCUT2D eigenvalue weighted by molar-refractivity contribution is 0.101. The summed E-state index contributed by atoms with van der Waals surface area (Å²) < 4.78 is 15.6. The molecule has 0 spiro atoms. The summed E-state index contributed by atoms with van der Waals surface area (Å²) in [5, 5.41) is 26.0. The average molecular weight is 363 g/mol. The van der Waals surface area contributed by atoms with E-state index >= 15 is 0 Å². The Hall–Kier alpha value is -4.06. The van der Waals surface area contributed by atoms with Crippen molar-refractivity contribution in [2.75, 3.05) is 10.6 Å². The van der Waals surface area contributed by atoms with Gasteiger partial charge < -0.3 is 16.0 Å². The zero-order valence-electron chi connectivity index (χ0n) is 14.2. The molecule has 134 valence electrons. The van der Waals surface area contributed by atoms with E-state index < -0.39 is 17.4 Å². The number of amides is 1. The largest absolute Gasteiger partial charge is 0.352 e. The topological polar surface area (TPSA) is 119 Å². The molecule has 8 nitrogen and oxygen atoms in total. The van der Waals surface area contributed by atoms with Crippen LogP contribution in [-0.2, 0) is 7.05 Å². The van der Waals surface area contributed by atoms with Crippen LogP contribution in [0, 0.1) is 22.6 Å². The molecule has 9 heteroatoms. The Morgan fingerprint density at radius 1 is 1.33 bits per heavy atom. The van der Waals surface area contributed by atoms with E-state index in [4.69, 9.17) is 10.7 Å². The fourth-order valence-electron chi connectivity index (χ4n) is 2.37. The van der Waals surface area contributed by atoms with E-state index in [-0.39, 0.29) is 5.56 Å². The van der Waals surface area contributed by atoms with Gasteiger partial charge in [0, 0.05) is 42.6 Å². The highest BCUT2D eigenvalue weighted by Crippen LogP contribution is 2.24. The van der Waals surface area contributed by atoms with Gasteiger partial charge in [0.25, 0.3) is 5.91 Å². The number of carbonyl (C=O) groups is 1. The Morgan fingerprint density at radius 3 is 2.78 bits per heavy atom. The quantitative estimate of drug-likeness (QED) is 0.602. The maximum Gasteiger partial charge on any atom is 0.277 e. The predicted octanol–water partition coefficient (Wildman–Crippen LogP) is 2.82. The first-order valence-electron chi connectivity index (χ1n) is 7.77. The summed E-state index contributed by atoms with van der Waals surface area (Å²) in [6, 6.07) is 7.56. The molecule has 2 aromatic heterocycles. The highest BCUT2D eigenvalue weighted by atomic mass is 19.1. The number of hydrogen-bond acceptors (Lipinski definition) is 6. The number of aryl methyl sites for hydroxylation is 1. The molecule has 0 aliphatic heterocycles. The van der Waals surface area contributed by atoms with Gasteiger partial charge in [0.05, 0.1) is 17.4 Å². The van der Waals surface area contributed by atoms with Gasteiger partial charge in [0.2, 0.25) is 0 Å². The number of aromatic nitrogens is 3. The van der Waals surface area contributed by atoms with Crippen LogP contribution in [0.5, 0.6) is 0 Å². The smallest absolute Gasteiger partial charge is 0.277 e. The summed E-state index contributed by atoms with van der Waals surface area (Å²) in [6.07, 6.45) is 5.68. The first-order chi connectivity index (χ1) is 13.0. The number of nitrogens with one attached hydrogen (secondary N) is 3. The molecule has 27 heavy (non-hydrogen) atoms. The second-order valence-electron chi connectivity index (χ2n) is 5.59. The van der Waals surface area contributed by atoms with Crippen molar-refractivity contribution in [3.8, 4) is 6.07 Å². The van der Waals surface area contributed by atoms with Crippen LogP contribution in [0.4, 0.5) is 21.5 Å². The molecular weight excluding hydrogens is 349 g/mol. The van der Waals surface area contributed by atoms with Gasteiger partial charge in [-0.05, 0) is 24.3 Å². The van der Waals surface area contributed by atoms with Crippen LogP contribution < -0.4 is 10.6 Å². The molecule has 0 aliphatic rings. The highest BCUT2D eigenvalue weighted by Gasteiger charge is 2.15. The van der Waals surface area contributed by atoms with Gasteiger partial charge in [-0.1, -0.05) is 0 Å². The number of nitriles is 1. The number of nitrogens with zero attached hydrogens (tertiary/aromatic N) is 4. The van der Waals surface area contributed by atoms with Gasteiger partial charge in [-0.2, -0.15) is 10.4 Å². The predicted molar refractivity (Wildman–Crippen MR) is 97.7 cm³/mol. The lowest BCUT2D eigenvalue weighted by atomic mass is 10.1. The second-order valence-corrected chi connectivity index (χ2v) is 5.59. The number of halogens is 1. The van der Waals surface area contributed by atoms with Crippen LogP contribution in [-0.4, -0.2) is 26.9 Å². The van der Waals surface area contributed by atoms with Gasteiger partial charge in [-0.15, -0.1) is 0 Å². The number of pyridine rings is 1. The summed E-state index contributed by atoms with van der Waals surface area (Å²) >= 11 is 0. The van der Waals surface area contributed by atoms with Crippen molar-refractivity contribution in [2.24, 2.45) is 7.05 Å².